The zero-order valence-corrected chi connectivity index (χ0v) is 37.2. The Morgan fingerprint density at radius 3 is 0.721 bits per heavy atom. The zero-order valence-electron chi connectivity index (χ0n) is 34.5. The van der Waals surface area contributed by atoms with Gasteiger partial charge in [-0.3, -0.25) is 33.3 Å². The van der Waals surface area contributed by atoms with Crippen LogP contribution in [0.15, 0.2) is 182 Å². The molecule has 0 saturated carbocycles. The Morgan fingerprint density at radius 1 is 0.295 bits per heavy atom. The molecule has 6 rings (SSSR count). The van der Waals surface area contributed by atoms with Gasteiger partial charge in [-0.15, -0.1) is 0 Å². The van der Waals surface area contributed by atoms with Crippen LogP contribution in [-0.2, 0) is 33.3 Å². The molecule has 13 heteroatoms. The number of rotatable bonds is 24. The van der Waals surface area contributed by atoms with Gasteiger partial charge in [-0.05, 0) is 53.1 Å². The van der Waals surface area contributed by atoms with Gasteiger partial charge in [0.15, 0.2) is 0 Å². The summed E-state index contributed by atoms with van der Waals surface area (Å²) in [5.41, 5.74) is 3.05. The van der Waals surface area contributed by atoms with Crippen LogP contribution in [0.1, 0.15) is 16.7 Å². The normalized spacial score (nSPS) is 14.8. The maximum Gasteiger partial charge on any atom is 0.243 e. The van der Waals surface area contributed by atoms with Crippen molar-refractivity contribution in [3.8, 4) is 0 Å². The molecule has 0 bridgehead atoms. The summed E-state index contributed by atoms with van der Waals surface area (Å²) >= 11 is 0. The van der Waals surface area contributed by atoms with E-state index in [1.165, 1.54) is 0 Å². The van der Waals surface area contributed by atoms with Crippen molar-refractivity contribution < 1.29 is 28.4 Å². The molecule has 3 unspecified atom stereocenters. The first-order chi connectivity index (χ1) is 29.4. The van der Waals surface area contributed by atoms with Gasteiger partial charge in [0.25, 0.3) is 0 Å². The van der Waals surface area contributed by atoms with Crippen LogP contribution in [0.25, 0.3) is 0 Å². The fourth-order valence-corrected chi connectivity index (χ4v) is 12.1. The topological polar surface area (TPSA) is 125 Å². The molecule has 3 atom stereocenters. The van der Waals surface area contributed by atoms with Gasteiger partial charge in [0, 0.05) is 74.8 Å². The molecule has 0 aliphatic carbocycles. The van der Waals surface area contributed by atoms with Gasteiger partial charge in [-0.1, -0.05) is 146 Å². The minimum absolute atomic E-state index is 0.0461. The molecular weight excluding hydrogens is 821 g/mol. The Balaban J connectivity index is 1.27. The third kappa shape index (κ3) is 15.0. The minimum Gasteiger partial charge on any atom is -0.340 e. The molecule has 0 aliphatic heterocycles. The van der Waals surface area contributed by atoms with E-state index in [-0.39, 0.29) is 18.9 Å². The molecule has 0 aromatic heterocycles. The number of benzene rings is 6. The van der Waals surface area contributed by atoms with Gasteiger partial charge in [0.1, 0.15) is 0 Å². The smallest absolute Gasteiger partial charge is 0.243 e. The first kappa shape index (κ1) is 46.2. The quantitative estimate of drug-likeness (QED) is 0.0529. The molecule has 0 saturated heterocycles. The second kappa shape index (κ2) is 22.7. The summed E-state index contributed by atoms with van der Waals surface area (Å²) in [6.07, 6.45) is -0.138. The van der Waals surface area contributed by atoms with Crippen molar-refractivity contribution in [2.45, 2.75) is 19.6 Å². The lowest BCUT2D eigenvalue weighted by atomic mass is 10.2. The fraction of sp³-hybridized carbons (Fsp3) is 0.250. The third-order valence-corrected chi connectivity index (χ3v) is 16.3. The van der Waals surface area contributed by atoms with E-state index in [1.807, 2.05) is 124 Å². The molecule has 320 valence electrons. The van der Waals surface area contributed by atoms with Crippen LogP contribution >= 0.6 is 22.1 Å². The molecule has 0 spiro atoms. The minimum atomic E-state index is -3.77. The first-order valence-corrected chi connectivity index (χ1v) is 26.1. The van der Waals surface area contributed by atoms with Crippen molar-refractivity contribution in [2.75, 3.05) is 58.1 Å². The van der Waals surface area contributed by atoms with Crippen LogP contribution in [0.3, 0.4) is 0 Å². The van der Waals surface area contributed by atoms with Crippen molar-refractivity contribution in [3.63, 3.8) is 0 Å². The van der Waals surface area contributed by atoms with Crippen molar-refractivity contribution in [2.24, 2.45) is 0 Å². The lowest BCUT2D eigenvalue weighted by Crippen LogP contribution is -2.43. The highest BCUT2D eigenvalue weighted by molar-refractivity contribution is 7.66. The van der Waals surface area contributed by atoms with E-state index >= 15 is 0 Å². The maximum absolute atomic E-state index is 13.9. The van der Waals surface area contributed by atoms with E-state index in [1.54, 1.807) is 72.8 Å². The van der Waals surface area contributed by atoms with E-state index in [2.05, 4.69) is 4.90 Å². The lowest BCUT2D eigenvalue weighted by molar-refractivity contribution is 0.164. The Bertz CT molecular complexity index is 2070. The predicted octanol–water partition coefficient (Wildman–Crippen LogP) is 7.46. The Kier molecular flexibility index (Phi) is 17.2. The van der Waals surface area contributed by atoms with E-state index in [9.17, 15) is 28.4 Å². The molecule has 6 aromatic rings. The van der Waals surface area contributed by atoms with E-state index in [4.69, 9.17) is 0 Å². The highest BCUT2D eigenvalue weighted by Gasteiger charge is 2.29. The van der Waals surface area contributed by atoms with Crippen LogP contribution in [0.4, 0.5) is 0 Å². The maximum atomic E-state index is 13.9. The molecule has 0 heterocycles. The second-order valence-electron chi connectivity index (χ2n) is 15.5. The molecule has 0 fully saturated rings. The van der Waals surface area contributed by atoms with Crippen molar-refractivity contribution >= 4 is 38.0 Å². The molecule has 3 N–H and O–H groups in total. The summed E-state index contributed by atoms with van der Waals surface area (Å²) in [6.45, 7) is 4.25. The molecular formula is C48H57N4O6P3. The number of nitrogens with zero attached hydrogens (tertiary/aromatic N) is 4. The second-order valence-corrected chi connectivity index (χ2v) is 22.1. The average Bonchev–Trinajstić information content (AvgIpc) is 3.27. The zero-order chi connectivity index (χ0) is 43.0. The average molecular weight is 879 g/mol. The SMILES string of the molecule is O=P(O)(CN(CCN(CCN(Cc1ccccc1)CP(=O)(O)c1ccccc1)CCN(Cc1ccccc1)CP(=O)(O)c1ccccc1)Cc1ccccc1)c1ccccc1. The number of hydrogen-bond acceptors (Lipinski definition) is 7. The number of hydrogen-bond donors (Lipinski definition) is 3. The molecule has 10 nitrogen and oxygen atoms in total. The van der Waals surface area contributed by atoms with Gasteiger partial charge >= 0.3 is 0 Å². The highest BCUT2D eigenvalue weighted by atomic mass is 31.2. The summed E-state index contributed by atoms with van der Waals surface area (Å²) in [5.74, 6) is 0. The van der Waals surface area contributed by atoms with Gasteiger partial charge in [0.2, 0.25) is 22.1 Å². The lowest BCUT2D eigenvalue weighted by Gasteiger charge is -2.33. The van der Waals surface area contributed by atoms with Crippen molar-refractivity contribution in [3.05, 3.63) is 199 Å². The summed E-state index contributed by atoms with van der Waals surface area (Å²) in [6, 6.07) is 56.0. The first-order valence-electron chi connectivity index (χ1n) is 20.6. The van der Waals surface area contributed by atoms with E-state index in [0.717, 1.165) is 16.7 Å². The highest BCUT2D eigenvalue weighted by Crippen LogP contribution is 2.42. The van der Waals surface area contributed by atoms with Crippen LogP contribution in [-0.4, -0.2) is 92.4 Å². The van der Waals surface area contributed by atoms with Crippen LogP contribution in [0.5, 0.6) is 0 Å². The Labute approximate surface area is 361 Å². The summed E-state index contributed by atoms with van der Waals surface area (Å²) in [4.78, 5) is 42.6. The summed E-state index contributed by atoms with van der Waals surface area (Å²) < 4.78 is 41.8. The molecule has 0 aliphatic rings. The van der Waals surface area contributed by atoms with Crippen LogP contribution < -0.4 is 15.9 Å². The van der Waals surface area contributed by atoms with Gasteiger partial charge in [0.05, 0.1) is 18.9 Å². The van der Waals surface area contributed by atoms with Crippen LogP contribution in [0.2, 0.25) is 0 Å². The molecule has 6 aromatic carbocycles. The van der Waals surface area contributed by atoms with Gasteiger partial charge in [-0.25, -0.2) is 0 Å². The Hall–Kier alpha value is -4.27. The fourth-order valence-electron chi connectivity index (χ4n) is 7.35. The van der Waals surface area contributed by atoms with Crippen LogP contribution in [0, 0.1) is 0 Å². The molecule has 0 radical (unpaired) electrons. The monoisotopic (exact) mass is 878 g/mol. The molecule has 61 heavy (non-hydrogen) atoms. The summed E-state index contributed by atoms with van der Waals surface area (Å²) in [5, 5.41) is 1.20. The third-order valence-electron chi connectivity index (χ3n) is 10.6. The Morgan fingerprint density at radius 2 is 0.492 bits per heavy atom. The van der Waals surface area contributed by atoms with E-state index in [0.29, 0.717) is 74.8 Å². The standard InChI is InChI=1S/C48H57N4O6P3/c53-59(54,46-25-13-4-14-26-46)40-50(37-43-19-7-1-8-20-43)34-31-49(32-35-51(38-44-21-9-2-10-22-44)41-60(55,56)47-27-15-5-16-28-47)33-36-52(39-45-23-11-3-12-24-45)42-61(57,58)48-29-17-6-18-30-48/h1-30H,31-42H2,(H,53,54)(H,55,56)(H,57,58). The molecule has 0 amide bonds. The summed E-state index contributed by atoms with van der Waals surface area (Å²) in [7, 11) is -11.3. The predicted molar refractivity (Wildman–Crippen MR) is 249 cm³/mol. The van der Waals surface area contributed by atoms with E-state index < -0.39 is 22.1 Å². The van der Waals surface area contributed by atoms with Gasteiger partial charge in [-0.2, -0.15) is 0 Å². The van der Waals surface area contributed by atoms with Crippen molar-refractivity contribution in [1.29, 1.82) is 0 Å². The largest absolute Gasteiger partial charge is 0.340 e. The van der Waals surface area contributed by atoms with Crippen molar-refractivity contribution in [1.82, 2.24) is 19.6 Å². The van der Waals surface area contributed by atoms with Gasteiger partial charge < -0.3 is 14.7 Å².